The molecule has 1 heterocycles. The van der Waals surface area contributed by atoms with Gasteiger partial charge in [-0.05, 0) is 53.4 Å². The third-order valence-corrected chi connectivity index (χ3v) is 8.29. The lowest BCUT2D eigenvalue weighted by atomic mass is 9.97. The Morgan fingerprint density at radius 1 is 1.00 bits per heavy atom. The van der Waals surface area contributed by atoms with E-state index in [1.54, 1.807) is 0 Å². The molecule has 0 aliphatic heterocycles. The topological polar surface area (TPSA) is 167 Å². The van der Waals surface area contributed by atoms with Crippen molar-refractivity contribution in [2.24, 2.45) is 5.73 Å². The van der Waals surface area contributed by atoms with E-state index in [9.17, 15) is 27.8 Å². The Hall–Kier alpha value is -4.23. The van der Waals surface area contributed by atoms with Crippen LogP contribution in [0.4, 0.5) is 10.3 Å². The maximum Gasteiger partial charge on any atom is 0.305 e. The van der Waals surface area contributed by atoms with Gasteiger partial charge in [0.2, 0.25) is 16.0 Å². The normalized spacial score (nSPS) is 13.7. The first-order valence-electron chi connectivity index (χ1n) is 14.7. The van der Waals surface area contributed by atoms with Crippen LogP contribution in [-0.2, 0) is 14.8 Å². The number of halogens is 1. The van der Waals surface area contributed by atoms with Crippen LogP contribution in [-0.4, -0.2) is 65.2 Å². The molecule has 5 N–H and O–H groups in total. The standard InChI is InChI=1S/C22H28FN3O6S.C12H13N/c1-13(2)20-18(10-9-16(27)11-17(28)12-19(29)30)21(14-5-7-15(23)8-6-14)25-22(24-20)26(3)33(4,31)32;1-9(13)11-8-4-6-10-5-2-3-7-12(10)11/h5-10,13,16-17,27-28H,11-12H2,1-4H3,(H,29,30);2-9H,13H2,1H3/b10-9+;/t16-,17-;/m1./s1. The van der Waals surface area contributed by atoms with Gasteiger partial charge in [0.1, 0.15) is 5.82 Å². The van der Waals surface area contributed by atoms with Crippen LogP contribution >= 0.6 is 0 Å². The third-order valence-electron chi connectivity index (χ3n) is 7.13. The summed E-state index contributed by atoms with van der Waals surface area (Å²) in [4.78, 5) is 19.6. The largest absolute Gasteiger partial charge is 0.481 e. The summed E-state index contributed by atoms with van der Waals surface area (Å²) in [5.74, 6) is -1.87. The first-order chi connectivity index (χ1) is 21.6. The molecule has 0 radical (unpaired) electrons. The summed E-state index contributed by atoms with van der Waals surface area (Å²) in [5, 5.41) is 31.3. The number of carboxylic acids is 1. The molecular formula is C34H41FN4O6S. The van der Waals surface area contributed by atoms with Gasteiger partial charge in [-0.1, -0.05) is 68.5 Å². The number of nitrogens with zero attached hydrogens (tertiary/aromatic N) is 3. The molecule has 0 aliphatic carbocycles. The number of nitrogens with two attached hydrogens (primary N) is 1. The minimum absolute atomic E-state index is 0.0601. The van der Waals surface area contributed by atoms with Crippen molar-refractivity contribution in [3.8, 4) is 11.3 Å². The van der Waals surface area contributed by atoms with E-state index in [4.69, 9.17) is 10.8 Å². The molecule has 0 fully saturated rings. The first-order valence-corrected chi connectivity index (χ1v) is 16.5. The Balaban J connectivity index is 0.000000365. The van der Waals surface area contributed by atoms with Crippen LogP contribution in [0.5, 0.6) is 0 Å². The average molecular weight is 653 g/mol. The fourth-order valence-electron chi connectivity index (χ4n) is 4.69. The second-order valence-corrected chi connectivity index (χ2v) is 13.3. The fraction of sp³-hybridized carbons (Fsp3) is 0.324. The van der Waals surface area contributed by atoms with E-state index in [-0.39, 0.29) is 24.3 Å². The van der Waals surface area contributed by atoms with Gasteiger partial charge in [-0.15, -0.1) is 0 Å². The maximum atomic E-state index is 13.5. The number of hydrogen-bond acceptors (Lipinski definition) is 8. The van der Waals surface area contributed by atoms with Crippen LogP contribution in [0.2, 0.25) is 0 Å². The molecule has 4 aromatic rings. The number of carboxylic acid groups (broad SMARTS) is 1. The van der Waals surface area contributed by atoms with Crippen molar-refractivity contribution >= 4 is 38.8 Å². The van der Waals surface area contributed by atoms with Gasteiger partial charge in [-0.2, -0.15) is 0 Å². The molecule has 246 valence electrons. The third kappa shape index (κ3) is 9.88. The van der Waals surface area contributed by atoms with E-state index in [1.807, 2.05) is 32.9 Å². The van der Waals surface area contributed by atoms with Crippen LogP contribution in [0.3, 0.4) is 0 Å². The van der Waals surface area contributed by atoms with Gasteiger partial charge in [-0.3, -0.25) is 4.79 Å². The lowest BCUT2D eigenvalue weighted by Gasteiger charge is -2.20. The zero-order chi connectivity index (χ0) is 34.2. The number of benzene rings is 3. The monoisotopic (exact) mass is 652 g/mol. The number of fused-ring (bicyclic) bond motifs is 1. The van der Waals surface area contributed by atoms with Crippen LogP contribution < -0.4 is 10.0 Å². The lowest BCUT2D eigenvalue weighted by Crippen LogP contribution is -2.27. The van der Waals surface area contributed by atoms with E-state index < -0.39 is 40.4 Å². The number of aliphatic hydroxyl groups is 2. The molecule has 1 unspecified atom stereocenters. The minimum atomic E-state index is -3.65. The molecule has 0 bridgehead atoms. The highest BCUT2D eigenvalue weighted by atomic mass is 32.2. The van der Waals surface area contributed by atoms with Gasteiger partial charge in [0.15, 0.2) is 0 Å². The van der Waals surface area contributed by atoms with Crippen molar-refractivity contribution < 1.29 is 32.9 Å². The highest BCUT2D eigenvalue weighted by Gasteiger charge is 2.22. The van der Waals surface area contributed by atoms with E-state index in [1.165, 1.54) is 59.8 Å². The summed E-state index contributed by atoms with van der Waals surface area (Å²) in [6.45, 7) is 5.72. The van der Waals surface area contributed by atoms with Gasteiger partial charge in [0, 0.05) is 30.6 Å². The van der Waals surface area contributed by atoms with Gasteiger partial charge in [-0.25, -0.2) is 27.1 Å². The van der Waals surface area contributed by atoms with Gasteiger partial charge in [0.05, 0.1) is 36.3 Å². The molecule has 3 aromatic carbocycles. The molecule has 12 heteroatoms. The molecule has 3 atom stereocenters. The maximum absolute atomic E-state index is 13.5. The number of anilines is 1. The second-order valence-electron chi connectivity index (χ2n) is 11.3. The summed E-state index contributed by atoms with van der Waals surface area (Å²) < 4.78 is 38.6. The number of sulfonamides is 1. The minimum Gasteiger partial charge on any atom is -0.481 e. The summed E-state index contributed by atoms with van der Waals surface area (Å²) in [5.41, 5.74) is 8.90. The predicted octanol–water partition coefficient (Wildman–Crippen LogP) is 5.26. The molecule has 0 aliphatic rings. The molecule has 0 amide bonds. The van der Waals surface area contributed by atoms with Crippen LogP contribution in [0.15, 0.2) is 72.8 Å². The predicted molar refractivity (Wildman–Crippen MR) is 179 cm³/mol. The van der Waals surface area contributed by atoms with Crippen molar-refractivity contribution in [3.05, 3.63) is 95.4 Å². The molecule has 4 rings (SSSR count). The van der Waals surface area contributed by atoms with Crippen molar-refractivity contribution in [2.45, 2.75) is 57.8 Å². The molecule has 0 spiro atoms. The van der Waals surface area contributed by atoms with Crippen molar-refractivity contribution in [1.29, 1.82) is 0 Å². The van der Waals surface area contributed by atoms with Gasteiger partial charge < -0.3 is 21.1 Å². The van der Waals surface area contributed by atoms with Gasteiger partial charge >= 0.3 is 5.97 Å². The Kier molecular flexibility index (Phi) is 12.5. The zero-order valence-electron chi connectivity index (χ0n) is 26.5. The zero-order valence-corrected chi connectivity index (χ0v) is 27.3. The van der Waals surface area contributed by atoms with Crippen molar-refractivity contribution in [2.75, 3.05) is 17.6 Å². The number of rotatable bonds is 11. The summed E-state index contributed by atoms with van der Waals surface area (Å²) in [6.07, 6.45) is 0.860. The molecule has 1 aromatic heterocycles. The number of aliphatic carboxylic acids is 1. The van der Waals surface area contributed by atoms with Crippen LogP contribution in [0, 0.1) is 5.82 Å². The Morgan fingerprint density at radius 3 is 2.22 bits per heavy atom. The number of aliphatic hydroxyl groups excluding tert-OH is 2. The lowest BCUT2D eigenvalue weighted by molar-refractivity contribution is -0.139. The van der Waals surface area contributed by atoms with E-state index in [0.717, 1.165) is 10.6 Å². The van der Waals surface area contributed by atoms with Crippen molar-refractivity contribution in [1.82, 2.24) is 9.97 Å². The smallest absolute Gasteiger partial charge is 0.305 e. The van der Waals surface area contributed by atoms with E-state index >= 15 is 0 Å². The summed E-state index contributed by atoms with van der Waals surface area (Å²) in [6, 6.07) is 20.2. The Bertz CT molecular complexity index is 1770. The quantitative estimate of drug-likeness (QED) is 0.169. The van der Waals surface area contributed by atoms with Gasteiger partial charge in [0.25, 0.3) is 0 Å². The van der Waals surface area contributed by atoms with E-state index in [0.29, 0.717) is 22.5 Å². The number of hydrogen-bond donors (Lipinski definition) is 4. The van der Waals surface area contributed by atoms with Crippen LogP contribution in [0.25, 0.3) is 28.1 Å². The van der Waals surface area contributed by atoms with E-state index in [2.05, 4.69) is 40.3 Å². The molecule has 0 saturated heterocycles. The Morgan fingerprint density at radius 2 is 1.63 bits per heavy atom. The highest BCUT2D eigenvalue weighted by Crippen LogP contribution is 2.32. The van der Waals surface area contributed by atoms with Crippen LogP contribution in [0.1, 0.15) is 62.4 Å². The molecular weight excluding hydrogens is 611 g/mol. The average Bonchev–Trinajstić information content (AvgIpc) is 2.98. The fourth-order valence-corrected chi connectivity index (χ4v) is 5.07. The highest BCUT2D eigenvalue weighted by molar-refractivity contribution is 7.92. The summed E-state index contributed by atoms with van der Waals surface area (Å²) >= 11 is 0. The number of carbonyl (C=O) groups is 1. The Labute approximate surface area is 269 Å². The SMILES string of the molecule is CC(C)c1nc(N(C)S(C)(=O)=O)nc(-c2ccc(F)cc2)c1/C=C/[C@@H](O)C[C@@H](O)CC(=O)O.CC(N)c1cccc2ccccc12. The molecule has 46 heavy (non-hydrogen) atoms. The first kappa shape index (κ1) is 36.2. The second kappa shape index (κ2) is 15.9. The number of aromatic nitrogens is 2. The summed E-state index contributed by atoms with van der Waals surface area (Å²) in [7, 11) is -2.33. The molecule has 0 saturated carbocycles. The molecule has 10 nitrogen and oxygen atoms in total. The van der Waals surface area contributed by atoms with Crippen molar-refractivity contribution in [3.63, 3.8) is 0 Å².